The molecule has 1 aromatic carbocycles. The zero-order valence-electron chi connectivity index (χ0n) is 10.9. The lowest BCUT2D eigenvalue weighted by molar-refractivity contribution is 0.127. The molecule has 1 unspecified atom stereocenters. The van der Waals surface area contributed by atoms with Crippen molar-refractivity contribution in [3.05, 3.63) is 35.4 Å². The first-order valence-corrected chi connectivity index (χ1v) is 6.07. The molecule has 0 radical (unpaired) electrons. The minimum absolute atomic E-state index is 0.154. The average molecular weight is 256 g/mol. The van der Waals surface area contributed by atoms with Gasteiger partial charge in [-0.3, -0.25) is 5.10 Å². The van der Waals surface area contributed by atoms with Crippen LogP contribution in [0.1, 0.15) is 31.1 Å². The molecule has 2 rings (SSSR count). The number of nitrogen functional groups attached to an aromatic ring is 1. The largest absolute Gasteiger partial charge is 0.388 e. The number of hydrogen-bond donors (Lipinski definition) is 3. The minimum Gasteiger partial charge on any atom is -0.388 e. The number of nitrogens with two attached hydrogens (primary N) is 1. The molecular weight excluding hydrogens is 240 g/mol. The highest BCUT2D eigenvalue weighted by Gasteiger charge is 2.15. The van der Waals surface area contributed by atoms with Crippen LogP contribution in [-0.2, 0) is 0 Å². The number of benzene rings is 1. The molecule has 0 amide bonds. The normalized spacial score (nSPS) is 12.4. The number of anilines is 1. The minimum atomic E-state index is -0.492. The Balaban J connectivity index is 2.36. The van der Waals surface area contributed by atoms with E-state index in [4.69, 9.17) is 11.0 Å². The Morgan fingerprint density at radius 1 is 1.32 bits per heavy atom. The summed E-state index contributed by atoms with van der Waals surface area (Å²) >= 11 is 0. The fraction of sp³-hybridized carbons (Fsp3) is 0.286. The standard InChI is InChI=1S/C14H16N4O/c1-8(2)13(19)10-5-3-9(4-6-10)12-11(7-15)14(16)18-17-12/h3-6,8,13,19H,1-2H3,(H3,16,17,18). The number of aromatic nitrogens is 2. The maximum atomic E-state index is 9.97. The van der Waals surface area contributed by atoms with Crippen LogP contribution < -0.4 is 5.73 Å². The molecule has 98 valence electrons. The lowest BCUT2D eigenvalue weighted by Gasteiger charge is -2.14. The average Bonchev–Trinajstić information content (AvgIpc) is 2.79. The zero-order valence-corrected chi connectivity index (χ0v) is 10.9. The second-order valence-corrected chi connectivity index (χ2v) is 4.78. The molecule has 2 aromatic rings. The highest BCUT2D eigenvalue weighted by Crippen LogP contribution is 2.27. The van der Waals surface area contributed by atoms with Crippen LogP contribution in [0.4, 0.5) is 5.82 Å². The molecule has 0 aliphatic rings. The summed E-state index contributed by atoms with van der Waals surface area (Å²) in [6.45, 7) is 3.92. The van der Waals surface area contributed by atoms with Crippen LogP contribution >= 0.6 is 0 Å². The topological polar surface area (TPSA) is 98.7 Å². The molecule has 1 heterocycles. The predicted molar refractivity (Wildman–Crippen MR) is 72.9 cm³/mol. The molecular formula is C14H16N4O. The highest BCUT2D eigenvalue weighted by atomic mass is 16.3. The van der Waals surface area contributed by atoms with Crippen molar-refractivity contribution in [3.63, 3.8) is 0 Å². The van der Waals surface area contributed by atoms with E-state index in [1.165, 1.54) is 0 Å². The van der Waals surface area contributed by atoms with Crippen molar-refractivity contribution in [2.24, 2.45) is 5.92 Å². The molecule has 5 heteroatoms. The molecule has 1 aromatic heterocycles. The fourth-order valence-electron chi connectivity index (χ4n) is 1.90. The monoisotopic (exact) mass is 256 g/mol. The van der Waals surface area contributed by atoms with Gasteiger partial charge in [-0.2, -0.15) is 10.4 Å². The molecule has 0 aliphatic heterocycles. The highest BCUT2D eigenvalue weighted by molar-refractivity contribution is 5.72. The summed E-state index contributed by atoms with van der Waals surface area (Å²) < 4.78 is 0. The van der Waals surface area contributed by atoms with Crippen LogP contribution in [0.2, 0.25) is 0 Å². The third-order valence-electron chi connectivity index (χ3n) is 3.06. The van der Waals surface area contributed by atoms with Gasteiger partial charge < -0.3 is 10.8 Å². The van der Waals surface area contributed by atoms with Crippen LogP contribution in [-0.4, -0.2) is 15.3 Å². The first-order valence-electron chi connectivity index (χ1n) is 6.07. The third kappa shape index (κ3) is 2.44. The molecule has 0 bridgehead atoms. The molecule has 5 nitrogen and oxygen atoms in total. The van der Waals surface area contributed by atoms with Crippen LogP contribution in [0.3, 0.4) is 0 Å². The van der Waals surface area contributed by atoms with Gasteiger partial charge in [0.2, 0.25) is 0 Å². The van der Waals surface area contributed by atoms with Crippen LogP contribution in [0.5, 0.6) is 0 Å². The van der Waals surface area contributed by atoms with Crippen LogP contribution in [0.15, 0.2) is 24.3 Å². The van der Waals surface area contributed by atoms with Gasteiger partial charge in [0.25, 0.3) is 0 Å². The first kappa shape index (κ1) is 13.1. The van der Waals surface area contributed by atoms with E-state index in [1.807, 2.05) is 44.2 Å². The SMILES string of the molecule is CC(C)C(O)c1ccc(-c2n[nH]c(N)c2C#N)cc1. The van der Waals surface area contributed by atoms with Gasteiger partial charge in [-0.15, -0.1) is 0 Å². The Morgan fingerprint density at radius 3 is 2.47 bits per heavy atom. The molecule has 1 atom stereocenters. The van der Waals surface area contributed by atoms with Crippen molar-refractivity contribution in [1.29, 1.82) is 5.26 Å². The van der Waals surface area contributed by atoms with E-state index in [2.05, 4.69) is 10.2 Å². The third-order valence-corrected chi connectivity index (χ3v) is 3.06. The number of nitrogens with one attached hydrogen (secondary N) is 1. The number of aromatic amines is 1. The van der Waals surface area contributed by atoms with E-state index < -0.39 is 6.10 Å². The van der Waals surface area contributed by atoms with Gasteiger partial charge in [-0.05, 0) is 11.5 Å². The summed E-state index contributed by atoms with van der Waals surface area (Å²) in [6, 6.07) is 9.37. The Morgan fingerprint density at radius 2 is 1.95 bits per heavy atom. The Hall–Kier alpha value is -2.32. The van der Waals surface area contributed by atoms with Crippen LogP contribution in [0, 0.1) is 17.2 Å². The van der Waals surface area contributed by atoms with E-state index in [-0.39, 0.29) is 11.7 Å². The van der Waals surface area contributed by atoms with Gasteiger partial charge in [-0.1, -0.05) is 38.1 Å². The first-order chi connectivity index (χ1) is 9.04. The van der Waals surface area contributed by atoms with Crippen molar-refractivity contribution < 1.29 is 5.11 Å². The second kappa shape index (κ2) is 5.12. The van der Waals surface area contributed by atoms with Crippen molar-refractivity contribution in [2.45, 2.75) is 20.0 Å². The number of hydrogen-bond acceptors (Lipinski definition) is 4. The lowest BCUT2D eigenvalue weighted by atomic mass is 9.97. The Bertz CT molecular complexity index is 607. The molecule has 19 heavy (non-hydrogen) atoms. The summed E-state index contributed by atoms with van der Waals surface area (Å²) in [5.41, 5.74) is 8.15. The number of nitrogens with zero attached hydrogens (tertiary/aromatic N) is 2. The zero-order chi connectivity index (χ0) is 14.0. The lowest BCUT2D eigenvalue weighted by Crippen LogP contribution is -2.04. The number of nitriles is 1. The fourth-order valence-corrected chi connectivity index (χ4v) is 1.90. The molecule has 0 saturated carbocycles. The van der Waals surface area contributed by atoms with E-state index in [9.17, 15) is 5.11 Å². The molecule has 0 saturated heterocycles. The summed E-state index contributed by atoms with van der Waals surface area (Å²) in [7, 11) is 0. The van der Waals surface area contributed by atoms with E-state index in [0.29, 0.717) is 11.3 Å². The second-order valence-electron chi connectivity index (χ2n) is 4.78. The van der Waals surface area contributed by atoms with Crippen molar-refractivity contribution in [3.8, 4) is 17.3 Å². The molecule has 4 N–H and O–H groups in total. The number of aliphatic hydroxyl groups excluding tert-OH is 1. The van der Waals surface area contributed by atoms with Gasteiger partial charge in [0.05, 0.1) is 6.10 Å². The molecule has 0 aliphatic carbocycles. The van der Waals surface area contributed by atoms with Crippen molar-refractivity contribution >= 4 is 5.82 Å². The number of rotatable bonds is 3. The van der Waals surface area contributed by atoms with Crippen LogP contribution in [0.25, 0.3) is 11.3 Å². The number of aliphatic hydroxyl groups is 1. The van der Waals surface area contributed by atoms with Gasteiger partial charge in [0.15, 0.2) is 0 Å². The van der Waals surface area contributed by atoms with Gasteiger partial charge in [0, 0.05) is 5.56 Å². The predicted octanol–water partition coefficient (Wildman–Crippen LogP) is 2.22. The summed E-state index contributed by atoms with van der Waals surface area (Å²) in [4.78, 5) is 0. The quantitative estimate of drug-likeness (QED) is 0.784. The van der Waals surface area contributed by atoms with Crippen molar-refractivity contribution in [2.75, 3.05) is 5.73 Å². The number of H-pyrrole nitrogens is 1. The Labute approximate surface area is 111 Å². The summed E-state index contributed by atoms with van der Waals surface area (Å²) in [5, 5.41) is 25.6. The maximum Gasteiger partial charge on any atom is 0.137 e. The molecule has 0 spiro atoms. The van der Waals surface area contributed by atoms with E-state index >= 15 is 0 Å². The van der Waals surface area contributed by atoms with Gasteiger partial charge in [-0.25, -0.2) is 0 Å². The van der Waals surface area contributed by atoms with Crippen molar-refractivity contribution in [1.82, 2.24) is 10.2 Å². The maximum absolute atomic E-state index is 9.97. The van der Waals surface area contributed by atoms with Gasteiger partial charge in [0.1, 0.15) is 23.1 Å². The molecule has 0 fully saturated rings. The van der Waals surface area contributed by atoms with E-state index in [0.717, 1.165) is 11.1 Å². The smallest absolute Gasteiger partial charge is 0.137 e. The van der Waals surface area contributed by atoms with E-state index in [1.54, 1.807) is 0 Å². The Kier molecular flexibility index (Phi) is 3.54. The summed E-state index contributed by atoms with van der Waals surface area (Å²) in [6.07, 6.45) is -0.492. The summed E-state index contributed by atoms with van der Waals surface area (Å²) in [5.74, 6) is 0.422. The van der Waals surface area contributed by atoms with Gasteiger partial charge >= 0.3 is 0 Å².